The smallest absolute Gasteiger partial charge is 0.159 e. The second kappa shape index (κ2) is 6.97. The van der Waals surface area contributed by atoms with E-state index in [9.17, 15) is 8.78 Å². The molecule has 1 aromatic rings. The van der Waals surface area contributed by atoms with E-state index in [1.165, 1.54) is 12.1 Å². The highest BCUT2D eigenvalue weighted by Gasteiger charge is 2.06. The minimum atomic E-state index is -0.788. The first kappa shape index (κ1) is 14.5. The van der Waals surface area contributed by atoms with Gasteiger partial charge in [0.2, 0.25) is 0 Å². The fraction of sp³-hybridized carbons (Fsp3) is 0.538. The fourth-order valence-electron chi connectivity index (χ4n) is 1.30. The van der Waals surface area contributed by atoms with Crippen LogP contribution in [0.15, 0.2) is 23.1 Å². The van der Waals surface area contributed by atoms with Crippen LogP contribution in [-0.4, -0.2) is 18.3 Å². The number of benzene rings is 1. The lowest BCUT2D eigenvalue weighted by atomic mass is 10.2. The highest BCUT2D eigenvalue weighted by molar-refractivity contribution is 7.99. The van der Waals surface area contributed by atoms with Gasteiger partial charge in [-0.3, -0.25) is 0 Å². The second-order valence-electron chi connectivity index (χ2n) is 4.56. The van der Waals surface area contributed by atoms with Crippen molar-refractivity contribution in [1.29, 1.82) is 0 Å². The zero-order valence-electron chi connectivity index (χ0n) is 10.5. The summed E-state index contributed by atoms with van der Waals surface area (Å²) < 4.78 is 25.7. The van der Waals surface area contributed by atoms with Gasteiger partial charge in [0.25, 0.3) is 0 Å². The van der Waals surface area contributed by atoms with E-state index in [0.717, 1.165) is 17.2 Å². The Labute approximate surface area is 106 Å². The first-order valence-electron chi connectivity index (χ1n) is 5.80. The molecule has 1 aromatic carbocycles. The van der Waals surface area contributed by atoms with E-state index in [2.05, 4.69) is 26.1 Å². The van der Waals surface area contributed by atoms with Crippen LogP contribution >= 0.6 is 11.8 Å². The predicted molar refractivity (Wildman–Crippen MR) is 69.4 cm³/mol. The van der Waals surface area contributed by atoms with Crippen molar-refractivity contribution >= 4 is 11.8 Å². The molecule has 1 rings (SSSR count). The topological polar surface area (TPSA) is 12.0 Å². The van der Waals surface area contributed by atoms with Gasteiger partial charge in [0.15, 0.2) is 11.6 Å². The molecule has 0 bridgehead atoms. The molecule has 0 fully saturated rings. The molecule has 0 heterocycles. The van der Waals surface area contributed by atoms with Crippen molar-refractivity contribution in [2.24, 2.45) is 5.92 Å². The Morgan fingerprint density at radius 3 is 2.47 bits per heavy atom. The minimum Gasteiger partial charge on any atom is -0.314 e. The number of thioether (sulfide) groups is 1. The van der Waals surface area contributed by atoms with Gasteiger partial charge in [0.1, 0.15) is 0 Å². The van der Waals surface area contributed by atoms with Gasteiger partial charge in [-0.05, 0) is 30.7 Å². The van der Waals surface area contributed by atoms with Crippen LogP contribution in [0.5, 0.6) is 0 Å². The van der Waals surface area contributed by atoms with Crippen LogP contribution in [0.25, 0.3) is 0 Å². The van der Waals surface area contributed by atoms with E-state index in [4.69, 9.17) is 0 Å². The summed E-state index contributed by atoms with van der Waals surface area (Å²) in [5, 5.41) is 3.35. The van der Waals surface area contributed by atoms with E-state index >= 15 is 0 Å². The molecule has 0 aliphatic carbocycles. The average molecular weight is 259 g/mol. The van der Waals surface area contributed by atoms with Crippen molar-refractivity contribution < 1.29 is 8.78 Å². The largest absolute Gasteiger partial charge is 0.314 e. The number of halogens is 2. The average Bonchev–Trinajstić information content (AvgIpc) is 2.28. The second-order valence-corrected chi connectivity index (χ2v) is 5.65. The maximum atomic E-state index is 13.0. The molecule has 0 saturated heterocycles. The summed E-state index contributed by atoms with van der Waals surface area (Å²) in [5.41, 5.74) is 0. The van der Waals surface area contributed by atoms with Crippen LogP contribution in [-0.2, 0) is 0 Å². The van der Waals surface area contributed by atoms with Crippen LogP contribution in [0.4, 0.5) is 8.78 Å². The van der Waals surface area contributed by atoms with Gasteiger partial charge in [-0.25, -0.2) is 8.78 Å². The van der Waals surface area contributed by atoms with Gasteiger partial charge in [-0.2, -0.15) is 0 Å². The first-order chi connectivity index (χ1) is 7.99. The third-order valence-corrected chi connectivity index (χ3v) is 3.62. The molecule has 0 radical (unpaired) electrons. The number of rotatable bonds is 6. The van der Waals surface area contributed by atoms with Crippen molar-refractivity contribution in [1.82, 2.24) is 5.32 Å². The van der Waals surface area contributed by atoms with Crippen molar-refractivity contribution in [3.8, 4) is 0 Å². The molecule has 17 heavy (non-hydrogen) atoms. The van der Waals surface area contributed by atoms with E-state index < -0.39 is 11.6 Å². The highest BCUT2D eigenvalue weighted by atomic mass is 32.2. The molecule has 0 aromatic heterocycles. The molecular formula is C13H19F2NS. The Balaban J connectivity index is 2.36. The Morgan fingerprint density at radius 2 is 1.88 bits per heavy atom. The maximum absolute atomic E-state index is 13.0. The summed E-state index contributed by atoms with van der Waals surface area (Å²) in [7, 11) is 0. The zero-order valence-corrected chi connectivity index (χ0v) is 11.3. The first-order valence-corrected chi connectivity index (χ1v) is 6.79. The van der Waals surface area contributed by atoms with Crippen LogP contribution in [0.2, 0.25) is 0 Å². The molecule has 1 unspecified atom stereocenters. The monoisotopic (exact) mass is 259 g/mol. The molecule has 0 amide bonds. The van der Waals surface area contributed by atoms with Gasteiger partial charge in [0, 0.05) is 16.7 Å². The van der Waals surface area contributed by atoms with E-state index in [0.29, 0.717) is 12.0 Å². The van der Waals surface area contributed by atoms with Crippen LogP contribution in [0, 0.1) is 17.6 Å². The zero-order chi connectivity index (χ0) is 12.8. The minimum absolute atomic E-state index is 0.478. The lowest BCUT2D eigenvalue weighted by Crippen LogP contribution is -2.28. The summed E-state index contributed by atoms with van der Waals surface area (Å²) in [6.45, 7) is 7.29. The number of hydrogen-bond acceptors (Lipinski definition) is 2. The maximum Gasteiger partial charge on any atom is 0.159 e. The molecule has 0 aliphatic heterocycles. The Bertz CT molecular complexity index is 355. The number of nitrogens with one attached hydrogen (secondary N) is 1. The standard InChI is InChI=1S/C13H19F2NS/c1-9(2)16-7-10(3)8-17-11-4-5-12(14)13(15)6-11/h4-6,9-10,16H,7-8H2,1-3H3. The summed E-state index contributed by atoms with van der Waals surface area (Å²) in [6.07, 6.45) is 0. The Kier molecular flexibility index (Phi) is 5.92. The molecule has 0 spiro atoms. The van der Waals surface area contributed by atoms with Gasteiger partial charge in [-0.1, -0.05) is 20.8 Å². The van der Waals surface area contributed by atoms with Crippen molar-refractivity contribution in [2.75, 3.05) is 12.3 Å². The van der Waals surface area contributed by atoms with Crippen molar-refractivity contribution in [3.05, 3.63) is 29.8 Å². The quantitative estimate of drug-likeness (QED) is 0.782. The number of hydrogen-bond donors (Lipinski definition) is 1. The third-order valence-electron chi connectivity index (χ3n) is 2.30. The van der Waals surface area contributed by atoms with Crippen LogP contribution in [0.1, 0.15) is 20.8 Å². The molecule has 4 heteroatoms. The SMILES string of the molecule is CC(CNC(C)C)CSc1ccc(F)c(F)c1. The predicted octanol–water partition coefficient (Wildman–Crippen LogP) is 3.69. The third kappa shape index (κ3) is 5.50. The molecule has 1 nitrogen and oxygen atoms in total. The summed E-state index contributed by atoms with van der Waals surface area (Å²) in [4.78, 5) is 0.778. The normalized spacial score (nSPS) is 13.1. The van der Waals surface area contributed by atoms with Crippen molar-refractivity contribution in [3.63, 3.8) is 0 Å². The van der Waals surface area contributed by atoms with E-state index in [-0.39, 0.29) is 0 Å². The Morgan fingerprint density at radius 1 is 1.18 bits per heavy atom. The van der Waals surface area contributed by atoms with E-state index in [1.54, 1.807) is 17.8 Å². The van der Waals surface area contributed by atoms with Crippen molar-refractivity contribution in [2.45, 2.75) is 31.7 Å². The lowest BCUT2D eigenvalue weighted by Gasteiger charge is -2.14. The molecule has 0 saturated carbocycles. The van der Waals surface area contributed by atoms with E-state index in [1.807, 2.05) is 0 Å². The van der Waals surface area contributed by atoms with Crippen LogP contribution in [0.3, 0.4) is 0 Å². The van der Waals surface area contributed by atoms with Crippen LogP contribution < -0.4 is 5.32 Å². The summed E-state index contributed by atoms with van der Waals surface area (Å²) in [6, 6.07) is 4.52. The molecule has 0 aliphatic rings. The molecule has 96 valence electrons. The lowest BCUT2D eigenvalue weighted by molar-refractivity contribution is 0.505. The highest BCUT2D eigenvalue weighted by Crippen LogP contribution is 2.22. The van der Waals surface area contributed by atoms with Gasteiger partial charge in [-0.15, -0.1) is 11.8 Å². The summed E-state index contributed by atoms with van der Waals surface area (Å²) >= 11 is 1.56. The van der Waals surface area contributed by atoms with Gasteiger partial charge < -0.3 is 5.32 Å². The Hall–Kier alpha value is -0.610. The van der Waals surface area contributed by atoms with Gasteiger partial charge >= 0.3 is 0 Å². The van der Waals surface area contributed by atoms with Gasteiger partial charge in [0.05, 0.1) is 0 Å². The molecule has 1 N–H and O–H groups in total. The molecular weight excluding hydrogens is 240 g/mol. The molecule has 1 atom stereocenters. The fourth-order valence-corrected chi connectivity index (χ4v) is 2.25. The summed E-state index contributed by atoms with van der Waals surface area (Å²) in [5.74, 6) is -0.174.